The van der Waals surface area contributed by atoms with Crippen LogP contribution in [0.15, 0.2) is 12.2 Å². The van der Waals surface area contributed by atoms with Crippen LogP contribution in [0.3, 0.4) is 0 Å². The Labute approximate surface area is 65.3 Å². The number of hydrogen-bond acceptors (Lipinski definition) is 0. The molecule has 0 saturated carbocycles. The van der Waals surface area contributed by atoms with Crippen LogP contribution < -0.4 is 0 Å². The zero-order chi connectivity index (χ0) is 7.98. The molecular weight excluding hydrogens is 120 g/mol. The third-order valence-electron chi connectivity index (χ3n) is 1.61. The fourth-order valence-corrected chi connectivity index (χ4v) is 0.868. The molecule has 0 bridgehead atoms. The highest BCUT2D eigenvalue weighted by Gasteiger charge is 1.95. The topological polar surface area (TPSA) is 0 Å². The van der Waals surface area contributed by atoms with Gasteiger partial charge in [0.25, 0.3) is 0 Å². The quantitative estimate of drug-likeness (QED) is 0.510. The summed E-state index contributed by atoms with van der Waals surface area (Å²) in [5.74, 6) is 0.807. The summed E-state index contributed by atoms with van der Waals surface area (Å²) < 4.78 is 0. The molecule has 10 heavy (non-hydrogen) atoms. The molecule has 0 rings (SSSR count). The van der Waals surface area contributed by atoms with Gasteiger partial charge in [-0.15, -0.1) is 0 Å². The Morgan fingerprint density at radius 1 is 1.30 bits per heavy atom. The third-order valence-corrected chi connectivity index (χ3v) is 1.61. The van der Waals surface area contributed by atoms with Crippen molar-refractivity contribution < 1.29 is 0 Å². The van der Waals surface area contributed by atoms with E-state index >= 15 is 0 Å². The van der Waals surface area contributed by atoms with Crippen LogP contribution in [0.1, 0.15) is 39.5 Å². The molecule has 0 nitrogen and oxygen atoms in total. The van der Waals surface area contributed by atoms with Crippen molar-refractivity contribution in [2.45, 2.75) is 39.5 Å². The lowest BCUT2D eigenvalue weighted by Crippen LogP contribution is -1.88. The zero-order valence-corrected chi connectivity index (χ0v) is 7.32. The molecule has 1 radical (unpaired) electrons. The molecule has 0 amide bonds. The Bertz CT molecular complexity index is 90.2. The minimum Gasteiger partial charge on any atom is -0.0999 e. The van der Waals surface area contributed by atoms with Crippen LogP contribution in [0.25, 0.3) is 0 Å². The molecule has 0 fully saturated rings. The first-order valence-corrected chi connectivity index (χ1v) is 4.12. The highest BCUT2D eigenvalue weighted by Crippen LogP contribution is 2.13. The van der Waals surface area contributed by atoms with E-state index in [0.29, 0.717) is 0 Å². The monoisotopic (exact) mass is 139 g/mol. The summed E-state index contributed by atoms with van der Waals surface area (Å²) >= 11 is 0. The van der Waals surface area contributed by atoms with Crippen LogP contribution in [0.4, 0.5) is 0 Å². The molecule has 0 aliphatic carbocycles. The lowest BCUT2D eigenvalue weighted by atomic mass is 10.0. The van der Waals surface area contributed by atoms with Gasteiger partial charge < -0.3 is 0 Å². The van der Waals surface area contributed by atoms with Crippen LogP contribution in [-0.2, 0) is 0 Å². The standard InChI is InChI=1S/C10H19/c1-5-6-10(4)8-7-9(2)3/h9H,1,4-8H2,2-3H3. The molecule has 0 heterocycles. The average molecular weight is 139 g/mol. The van der Waals surface area contributed by atoms with Crippen molar-refractivity contribution in [3.63, 3.8) is 0 Å². The molecule has 0 aromatic rings. The molecule has 0 atom stereocenters. The second-order valence-electron chi connectivity index (χ2n) is 3.29. The van der Waals surface area contributed by atoms with Crippen LogP contribution in [-0.4, -0.2) is 0 Å². The predicted molar refractivity (Wildman–Crippen MR) is 47.8 cm³/mol. The van der Waals surface area contributed by atoms with Gasteiger partial charge in [0.1, 0.15) is 0 Å². The van der Waals surface area contributed by atoms with E-state index in [1.807, 2.05) is 0 Å². The van der Waals surface area contributed by atoms with Gasteiger partial charge in [-0.25, -0.2) is 0 Å². The average Bonchev–Trinajstić information content (AvgIpc) is 1.85. The van der Waals surface area contributed by atoms with Gasteiger partial charge in [-0.3, -0.25) is 0 Å². The van der Waals surface area contributed by atoms with Gasteiger partial charge >= 0.3 is 0 Å². The van der Waals surface area contributed by atoms with E-state index < -0.39 is 0 Å². The first kappa shape index (κ1) is 9.74. The summed E-state index contributed by atoms with van der Waals surface area (Å²) in [6.07, 6.45) is 4.57. The minimum atomic E-state index is 0.807. The molecule has 0 N–H and O–H groups in total. The Morgan fingerprint density at radius 3 is 2.30 bits per heavy atom. The van der Waals surface area contributed by atoms with Crippen LogP contribution in [0.2, 0.25) is 0 Å². The molecule has 0 unspecified atom stereocenters. The molecule has 0 aromatic carbocycles. The van der Waals surface area contributed by atoms with Crippen molar-refractivity contribution in [1.82, 2.24) is 0 Å². The van der Waals surface area contributed by atoms with Gasteiger partial charge in [0.2, 0.25) is 0 Å². The van der Waals surface area contributed by atoms with Gasteiger partial charge in [0.05, 0.1) is 0 Å². The smallest absolute Gasteiger partial charge is 0.0321 e. The summed E-state index contributed by atoms with van der Waals surface area (Å²) in [6.45, 7) is 12.3. The van der Waals surface area contributed by atoms with E-state index in [4.69, 9.17) is 0 Å². The van der Waals surface area contributed by atoms with Crippen LogP contribution in [0, 0.1) is 12.8 Å². The number of rotatable bonds is 5. The molecule has 0 heteroatoms. The molecule has 0 aliphatic heterocycles. The van der Waals surface area contributed by atoms with Gasteiger partial charge in [-0.2, -0.15) is 0 Å². The lowest BCUT2D eigenvalue weighted by molar-refractivity contribution is 0.578. The largest absolute Gasteiger partial charge is 0.0999 e. The van der Waals surface area contributed by atoms with Crippen LogP contribution >= 0.6 is 0 Å². The first-order valence-electron chi connectivity index (χ1n) is 4.12. The van der Waals surface area contributed by atoms with Crippen molar-refractivity contribution >= 4 is 0 Å². The molecule has 0 aromatic heterocycles. The van der Waals surface area contributed by atoms with Crippen molar-refractivity contribution in [3.8, 4) is 0 Å². The van der Waals surface area contributed by atoms with E-state index in [1.165, 1.54) is 18.4 Å². The second-order valence-corrected chi connectivity index (χ2v) is 3.29. The Morgan fingerprint density at radius 2 is 1.90 bits per heavy atom. The molecular formula is C10H19. The minimum absolute atomic E-state index is 0.807. The maximum absolute atomic E-state index is 3.98. The van der Waals surface area contributed by atoms with Crippen LogP contribution in [0.5, 0.6) is 0 Å². The van der Waals surface area contributed by atoms with E-state index in [2.05, 4.69) is 27.4 Å². The van der Waals surface area contributed by atoms with E-state index in [-0.39, 0.29) is 0 Å². The second kappa shape index (κ2) is 5.52. The molecule has 0 aliphatic rings. The molecule has 0 saturated heterocycles. The van der Waals surface area contributed by atoms with E-state index in [9.17, 15) is 0 Å². The van der Waals surface area contributed by atoms with Crippen molar-refractivity contribution in [3.05, 3.63) is 19.1 Å². The summed E-state index contributed by atoms with van der Waals surface area (Å²) in [5, 5.41) is 0. The maximum atomic E-state index is 3.98. The Balaban J connectivity index is 3.22. The van der Waals surface area contributed by atoms with Crippen molar-refractivity contribution in [2.24, 2.45) is 5.92 Å². The van der Waals surface area contributed by atoms with Gasteiger partial charge in [-0.05, 0) is 31.6 Å². The van der Waals surface area contributed by atoms with E-state index in [0.717, 1.165) is 18.8 Å². The highest BCUT2D eigenvalue weighted by molar-refractivity contribution is 4.93. The lowest BCUT2D eigenvalue weighted by Gasteiger charge is -2.05. The van der Waals surface area contributed by atoms with Crippen molar-refractivity contribution in [2.75, 3.05) is 0 Å². The van der Waals surface area contributed by atoms with E-state index in [1.54, 1.807) is 0 Å². The zero-order valence-electron chi connectivity index (χ0n) is 7.32. The fraction of sp³-hybridized carbons (Fsp3) is 0.700. The van der Waals surface area contributed by atoms with Gasteiger partial charge in [-0.1, -0.05) is 32.9 Å². The molecule has 59 valence electrons. The van der Waals surface area contributed by atoms with Crippen molar-refractivity contribution in [1.29, 1.82) is 0 Å². The van der Waals surface area contributed by atoms with Gasteiger partial charge in [0, 0.05) is 0 Å². The Hall–Kier alpha value is -0.260. The SMILES string of the molecule is [CH2]CCC(=C)CCC(C)C. The van der Waals surface area contributed by atoms with Gasteiger partial charge in [0.15, 0.2) is 0 Å². The summed E-state index contributed by atoms with van der Waals surface area (Å²) in [6, 6.07) is 0. The Kier molecular flexibility index (Phi) is 5.38. The third kappa shape index (κ3) is 5.87. The molecule has 0 spiro atoms. The fourth-order valence-electron chi connectivity index (χ4n) is 0.868. The summed E-state index contributed by atoms with van der Waals surface area (Å²) in [7, 11) is 0. The summed E-state index contributed by atoms with van der Waals surface area (Å²) in [5.41, 5.74) is 1.36. The maximum Gasteiger partial charge on any atom is -0.0321 e. The number of hydrogen-bond donors (Lipinski definition) is 0. The first-order chi connectivity index (χ1) is 4.66. The highest BCUT2D eigenvalue weighted by atomic mass is 14.0. The summed E-state index contributed by atoms with van der Waals surface area (Å²) in [4.78, 5) is 0. The normalized spacial score (nSPS) is 10.4. The predicted octanol–water partition coefficient (Wildman–Crippen LogP) is 3.59. The number of allylic oxidation sites excluding steroid dienone is 1.